The largest absolute Gasteiger partial charge is 0.311 e. The quantitative estimate of drug-likeness (QED) is 0.859. The smallest absolute Gasteiger partial charge is 0.123 e. The standard InChI is InChI=1S/C12H10BrClN2S/c13-8-5-7(1-2-9(8)14)12-16-10-3-4-15-6-11(10)17-12/h1-2,5,15H,3-4,6H2. The second kappa shape index (κ2) is 4.69. The predicted molar refractivity (Wildman–Crippen MR) is 75.7 cm³/mol. The topological polar surface area (TPSA) is 24.9 Å². The first kappa shape index (κ1) is 11.7. The highest BCUT2D eigenvalue weighted by atomic mass is 79.9. The average molecular weight is 330 g/mol. The van der Waals surface area contributed by atoms with Gasteiger partial charge in [-0.25, -0.2) is 4.98 Å². The summed E-state index contributed by atoms with van der Waals surface area (Å²) in [5, 5.41) is 5.18. The van der Waals surface area contributed by atoms with Gasteiger partial charge in [0.25, 0.3) is 0 Å². The highest BCUT2D eigenvalue weighted by Gasteiger charge is 2.15. The van der Waals surface area contributed by atoms with Crippen molar-refractivity contribution < 1.29 is 0 Å². The van der Waals surface area contributed by atoms with Crippen LogP contribution in [0.2, 0.25) is 5.02 Å². The number of nitrogens with zero attached hydrogens (tertiary/aromatic N) is 1. The summed E-state index contributed by atoms with van der Waals surface area (Å²) in [4.78, 5) is 6.07. The lowest BCUT2D eigenvalue weighted by atomic mass is 10.2. The van der Waals surface area contributed by atoms with E-state index in [-0.39, 0.29) is 0 Å². The molecule has 2 nitrogen and oxygen atoms in total. The van der Waals surface area contributed by atoms with E-state index in [0.717, 1.165) is 39.6 Å². The van der Waals surface area contributed by atoms with Crippen molar-refractivity contribution in [1.82, 2.24) is 10.3 Å². The van der Waals surface area contributed by atoms with Gasteiger partial charge in [0.05, 0.1) is 10.7 Å². The van der Waals surface area contributed by atoms with Crippen molar-refractivity contribution >= 4 is 38.9 Å². The number of aromatic nitrogens is 1. The summed E-state index contributed by atoms with van der Waals surface area (Å²) >= 11 is 11.2. The number of thiazole rings is 1. The molecule has 0 atom stereocenters. The molecule has 3 rings (SSSR count). The van der Waals surface area contributed by atoms with Crippen LogP contribution in [0.3, 0.4) is 0 Å². The molecule has 0 amide bonds. The second-order valence-corrected chi connectivity index (χ2v) is 6.29. The molecule has 0 saturated heterocycles. The molecule has 88 valence electrons. The van der Waals surface area contributed by atoms with Crippen LogP contribution in [0.25, 0.3) is 10.6 Å². The van der Waals surface area contributed by atoms with Gasteiger partial charge in [0.15, 0.2) is 0 Å². The van der Waals surface area contributed by atoms with Gasteiger partial charge in [-0.1, -0.05) is 17.7 Å². The summed E-state index contributed by atoms with van der Waals surface area (Å²) in [6, 6.07) is 5.95. The molecule has 17 heavy (non-hydrogen) atoms. The van der Waals surface area contributed by atoms with Crippen molar-refractivity contribution in [2.45, 2.75) is 13.0 Å². The number of hydrogen-bond donors (Lipinski definition) is 1. The summed E-state index contributed by atoms with van der Waals surface area (Å²) in [6.07, 6.45) is 1.03. The van der Waals surface area contributed by atoms with Crippen molar-refractivity contribution in [3.63, 3.8) is 0 Å². The Morgan fingerprint density at radius 3 is 3.06 bits per heavy atom. The molecule has 5 heteroatoms. The summed E-state index contributed by atoms with van der Waals surface area (Å²) in [5.74, 6) is 0. The Hall–Kier alpha value is -0.420. The van der Waals surface area contributed by atoms with Crippen LogP contribution in [0.5, 0.6) is 0 Å². The molecule has 0 fully saturated rings. The summed E-state index contributed by atoms with van der Waals surface area (Å²) in [7, 11) is 0. The van der Waals surface area contributed by atoms with Crippen LogP contribution in [-0.4, -0.2) is 11.5 Å². The van der Waals surface area contributed by atoms with E-state index in [0.29, 0.717) is 0 Å². The fraction of sp³-hybridized carbons (Fsp3) is 0.250. The van der Waals surface area contributed by atoms with Gasteiger partial charge in [-0.05, 0) is 28.1 Å². The molecule has 0 aliphatic carbocycles. The number of benzene rings is 1. The normalized spacial score (nSPS) is 14.7. The van der Waals surface area contributed by atoms with Crippen molar-refractivity contribution in [1.29, 1.82) is 0 Å². The van der Waals surface area contributed by atoms with E-state index >= 15 is 0 Å². The van der Waals surface area contributed by atoms with Gasteiger partial charge >= 0.3 is 0 Å². The zero-order chi connectivity index (χ0) is 11.8. The summed E-state index contributed by atoms with van der Waals surface area (Å²) in [6.45, 7) is 1.97. The van der Waals surface area contributed by atoms with Crippen LogP contribution in [0.15, 0.2) is 22.7 Å². The number of fused-ring (bicyclic) bond motifs is 1. The van der Waals surface area contributed by atoms with Crippen LogP contribution in [-0.2, 0) is 13.0 Å². The molecule has 0 radical (unpaired) electrons. The molecule has 1 aromatic heterocycles. The summed E-state index contributed by atoms with van der Waals surface area (Å²) in [5.41, 5.74) is 2.37. The Morgan fingerprint density at radius 1 is 1.41 bits per heavy atom. The molecule has 0 unspecified atom stereocenters. The van der Waals surface area contributed by atoms with Crippen LogP contribution in [0.1, 0.15) is 10.6 Å². The maximum absolute atomic E-state index is 6.00. The Labute approximate surface area is 117 Å². The fourth-order valence-electron chi connectivity index (χ4n) is 1.88. The van der Waals surface area contributed by atoms with Gasteiger partial charge in [0.2, 0.25) is 0 Å². The maximum Gasteiger partial charge on any atom is 0.123 e. The van der Waals surface area contributed by atoms with Gasteiger partial charge in [0, 0.05) is 34.4 Å². The Bertz CT molecular complexity index is 544. The zero-order valence-corrected chi connectivity index (χ0v) is 12.1. The van der Waals surface area contributed by atoms with Crippen molar-refractivity contribution in [2.75, 3.05) is 6.54 Å². The van der Waals surface area contributed by atoms with Crippen molar-refractivity contribution in [3.05, 3.63) is 38.3 Å². The number of nitrogens with one attached hydrogen (secondary N) is 1. The van der Waals surface area contributed by atoms with E-state index < -0.39 is 0 Å². The third-order valence-electron chi connectivity index (χ3n) is 2.77. The van der Waals surface area contributed by atoms with Crippen molar-refractivity contribution in [2.24, 2.45) is 0 Å². The molecular formula is C12H10BrClN2S. The van der Waals surface area contributed by atoms with Crippen molar-refractivity contribution in [3.8, 4) is 10.6 Å². The fourth-order valence-corrected chi connectivity index (χ4v) is 3.45. The highest BCUT2D eigenvalue weighted by molar-refractivity contribution is 9.10. The van der Waals surface area contributed by atoms with E-state index in [9.17, 15) is 0 Å². The third kappa shape index (κ3) is 2.27. The van der Waals surface area contributed by atoms with Gasteiger partial charge in [-0.2, -0.15) is 0 Å². The Morgan fingerprint density at radius 2 is 2.29 bits per heavy atom. The molecule has 2 aromatic rings. The molecule has 2 heterocycles. The number of rotatable bonds is 1. The lowest BCUT2D eigenvalue weighted by molar-refractivity contribution is 0.644. The molecule has 1 aliphatic heterocycles. The Balaban J connectivity index is 2.03. The number of hydrogen-bond acceptors (Lipinski definition) is 3. The average Bonchev–Trinajstić information content (AvgIpc) is 2.76. The second-order valence-electron chi connectivity index (χ2n) is 3.94. The third-order valence-corrected chi connectivity index (χ3v) is 5.13. The van der Waals surface area contributed by atoms with Crippen LogP contribution < -0.4 is 5.32 Å². The molecule has 1 aromatic carbocycles. The van der Waals surface area contributed by atoms with Gasteiger partial charge in [0.1, 0.15) is 5.01 Å². The predicted octanol–water partition coefficient (Wildman–Crippen LogP) is 3.87. The molecule has 0 spiro atoms. The first-order valence-electron chi connectivity index (χ1n) is 5.39. The molecule has 1 aliphatic rings. The zero-order valence-electron chi connectivity index (χ0n) is 8.96. The van der Waals surface area contributed by atoms with E-state index in [4.69, 9.17) is 16.6 Å². The van der Waals surface area contributed by atoms with Crippen LogP contribution in [0, 0.1) is 0 Å². The first-order valence-corrected chi connectivity index (χ1v) is 7.37. The molecular weight excluding hydrogens is 320 g/mol. The molecule has 1 N–H and O–H groups in total. The van der Waals surface area contributed by atoms with E-state index in [1.54, 1.807) is 11.3 Å². The lowest BCUT2D eigenvalue weighted by Crippen LogP contribution is -2.22. The van der Waals surface area contributed by atoms with Crippen LogP contribution in [0.4, 0.5) is 0 Å². The minimum Gasteiger partial charge on any atom is -0.311 e. The summed E-state index contributed by atoms with van der Waals surface area (Å²) < 4.78 is 0.919. The molecule has 0 saturated carbocycles. The minimum absolute atomic E-state index is 0.733. The van der Waals surface area contributed by atoms with E-state index in [1.165, 1.54) is 10.6 Å². The Kier molecular flexibility index (Phi) is 3.21. The SMILES string of the molecule is Clc1ccc(-c2nc3c(s2)CNCC3)cc1Br. The van der Waals surface area contributed by atoms with Gasteiger partial charge in [-0.3, -0.25) is 0 Å². The molecule has 0 bridgehead atoms. The monoisotopic (exact) mass is 328 g/mol. The maximum atomic E-state index is 6.00. The minimum atomic E-state index is 0.733. The lowest BCUT2D eigenvalue weighted by Gasteiger charge is -2.09. The highest BCUT2D eigenvalue weighted by Crippen LogP contribution is 2.33. The van der Waals surface area contributed by atoms with Gasteiger partial charge < -0.3 is 5.32 Å². The first-order chi connectivity index (χ1) is 8.24. The van der Waals surface area contributed by atoms with E-state index in [1.807, 2.05) is 18.2 Å². The number of halogens is 2. The van der Waals surface area contributed by atoms with E-state index in [2.05, 4.69) is 21.2 Å². The van der Waals surface area contributed by atoms with Crippen LogP contribution >= 0.6 is 38.9 Å². The van der Waals surface area contributed by atoms with Gasteiger partial charge in [-0.15, -0.1) is 11.3 Å².